The van der Waals surface area contributed by atoms with Crippen LogP contribution in [0, 0.1) is 0 Å². The molecule has 0 spiro atoms. The van der Waals surface area contributed by atoms with Gasteiger partial charge in [-0.25, -0.2) is 8.42 Å². The summed E-state index contributed by atoms with van der Waals surface area (Å²) in [4.78, 5) is 17.8. The summed E-state index contributed by atoms with van der Waals surface area (Å²) >= 11 is 5.99. The number of amides is 1. The van der Waals surface area contributed by atoms with Gasteiger partial charge in [0.05, 0.1) is 16.3 Å². The van der Waals surface area contributed by atoms with Crippen LogP contribution in [-0.2, 0) is 10.0 Å². The van der Waals surface area contributed by atoms with E-state index in [1.807, 2.05) is 6.92 Å². The highest BCUT2D eigenvalue weighted by Gasteiger charge is 2.29. The van der Waals surface area contributed by atoms with Crippen LogP contribution in [0.5, 0.6) is 0 Å². The number of aromatic nitrogens is 1. The second-order valence-corrected chi connectivity index (χ2v) is 7.36. The van der Waals surface area contributed by atoms with Crippen molar-refractivity contribution in [1.82, 2.24) is 14.2 Å². The summed E-state index contributed by atoms with van der Waals surface area (Å²) in [5.41, 5.74) is 0.351. The van der Waals surface area contributed by atoms with E-state index in [1.54, 1.807) is 11.0 Å². The summed E-state index contributed by atoms with van der Waals surface area (Å²) < 4.78 is 25.4. The lowest BCUT2D eigenvalue weighted by atomic mass is 10.2. The van der Waals surface area contributed by atoms with E-state index in [1.165, 1.54) is 16.7 Å². The van der Waals surface area contributed by atoms with E-state index in [0.29, 0.717) is 43.2 Å². The third-order valence-corrected chi connectivity index (χ3v) is 5.79. The largest absolute Gasteiger partial charge is 0.336 e. The van der Waals surface area contributed by atoms with E-state index in [0.717, 1.165) is 0 Å². The fraction of sp³-hybridized carbons (Fsp3) is 0.538. The van der Waals surface area contributed by atoms with Crippen molar-refractivity contribution < 1.29 is 13.2 Å². The first-order chi connectivity index (χ1) is 9.95. The van der Waals surface area contributed by atoms with Crippen molar-refractivity contribution in [3.8, 4) is 0 Å². The van der Waals surface area contributed by atoms with Crippen LogP contribution in [0.1, 0.15) is 23.7 Å². The number of hydrogen-bond donors (Lipinski definition) is 0. The van der Waals surface area contributed by atoms with Gasteiger partial charge in [0.15, 0.2) is 0 Å². The minimum absolute atomic E-state index is 0.148. The molecule has 1 aromatic rings. The fourth-order valence-electron chi connectivity index (χ4n) is 2.26. The molecule has 1 amide bonds. The van der Waals surface area contributed by atoms with Crippen molar-refractivity contribution in [3.63, 3.8) is 0 Å². The molecule has 1 aliphatic rings. The van der Waals surface area contributed by atoms with Gasteiger partial charge in [-0.15, -0.1) is 0 Å². The Morgan fingerprint density at radius 1 is 1.33 bits per heavy atom. The molecule has 6 nitrogen and oxygen atoms in total. The molecule has 116 valence electrons. The minimum Gasteiger partial charge on any atom is -0.336 e. The molecular formula is C13H18ClN3O3S. The van der Waals surface area contributed by atoms with Gasteiger partial charge in [-0.3, -0.25) is 9.78 Å². The van der Waals surface area contributed by atoms with Crippen LogP contribution >= 0.6 is 11.6 Å². The van der Waals surface area contributed by atoms with Crippen LogP contribution in [0.4, 0.5) is 0 Å². The summed E-state index contributed by atoms with van der Waals surface area (Å²) in [6, 6.07) is 1.57. The van der Waals surface area contributed by atoms with Crippen molar-refractivity contribution in [2.45, 2.75) is 13.3 Å². The average Bonchev–Trinajstić information content (AvgIpc) is 2.47. The smallest absolute Gasteiger partial charge is 0.257 e. The normalized spacial score (nSPS) is 17.0. The van der Waals surface area contributed by atoms with Gasteiger partial charge in [-0.1, -0.05) is 18.5 Å². The third-order valence-electron chi connectivity index (χ3n) is 3.38. The first-order valence-electron chi connectivity index (χ1n) is 6.82. The molecule has 0 saturated carbocycles. The van der Waals surface area contributed by atoms with E-state index >= 15 is 0 Å². The first kappa shape index (κ1) is 16.2. The van der Waals surface area contributed by atoms with Gasteiger partial charge in [0.25, 0.3) is 5.91 Å². The lowest BCUT2D eigenvalue weighted by molar-refractivity contribution is 0.0697. The Kier molecular flexibility index (Phi) is 5.18. The van der Waals surface area contributed by atoms with Crippen molar-refractivity contribution in [3.05, 3.63) is 29.0 Å². The molecule has 0 bridgehead atoms. The molecule has 1 aliphatic heterocycles. The second-order valence-electron chi connectivity index (χ2n) is 4.86. The maximum Gasteiger partial charge on any atom is 0.257 e. The molecule has 1 fully saturated rings. The number of carbonyl (C=O) groups excluding carboxylic acids is 1. The Morgan fingerprint density at radius 2 is 2.00 bits per heavy atom. The number of hydrogen-bond acceptors (Lipinski definition) is 4. The summed E-state index contributed by atoms with van der Waals surface area (Å²) in [5.74, 6) is -0.0595. The third kappa shape index (κ3) is 3.72. The first-order valence-corrected chi connectivity index (χ1v) is 8.81. The summed E-state index contributed by atoms with van der Waals surface area (Å²) in [7, 11) is -3.20. The van der Waals surface area contributed by atoms with Gasteiger partial charge in [0.1, 0.15) is 0 Å². The Hall–Kier alpha value is -1.18. The predicted molar refractivity (Wildman–Crippen MR) is 80.8 cm³/mol. The van der Waals surface area contributed by atoms with Crippen LogP contribution in [-0.4, -0.2) is 60.4 Å². The molecular weight excluding hydrogens is 314 g/mol. The van der Waals surface area contributed by atoms with Crippen molar-refractivity contribution in [1.29, 1.82) is 0 Å². The summed E-state index contributed by atoms with van der Waals surface area (Å²) in [6.07, 6.45) is 3.55. The lowest BCUT2D eigenvalue weighted by Gasteiger charge is -2.34. The Bertz CT molecular complexity index is 613. The molecule has 8 heteroatoms. The zero-order valence-electron chi connectivity index (χ0n) is 11.8. The molecule has 0 unspecified atom stereocenters. The quantitative estimate of drug-likeness (QED) is 0.832. The highest BCUT2D eigenvalue weighted by atomic mass is 35.5. The SMILES string of the molecule is CCCS(=O)(=O)N1CCN(C(=O)c2cnccc2Cl)CC1. The molecule has 0 aliphatic carbocycles. The molecule has 21 heavy (non-hydrogen) atoms. The standard InChI is InChI=1S/C13H18ClN3O3S/c1-2-9-21(19,20)17-7-5-16(6-8-17)13(18)11-10-15-4-3-12(11)14/h3-4,10H,2,5-9H2,1H3. The van der Waals surface area contributed by atoms with Gasteiger partial charge < -0.3 is 4.90 Å². The summed E-state index contributed by atoms with van der Waals surface area (Å²) in [5, 5.41) is 0.357. The van der Waals surface area contributed by atoms with Crippen LogP contribution in [0.15, 0.2) is 18.5 Å². The van der Waals surface area contributed by atoms with Crippen molar-refractivity contribution in [2.24, 2.45) is 0 Å². The number of sulfonamides is 1. The van der Waals surface area contributed by atoms with Crippen LogP contribution < -0.4 is 0 Å². The summed E-state index contributed by atoms with van der Waals surface area (Å²) in [6.45, 7) is 3.22. The Morgan fingerprint density at radius 3 is 2.57 bits per heavy atom. The number of pyridine rings is 1. The maximum atomic E-state index is 12.3. The lowest BCUT2D eigenvalue weighted by Crippen LogP contribution is -2.51. The van der Waals surface area contributed by atoms with Crippen LogP contribution in [0.2, 0.25) is 5.02 Å². The van der Waals surface area contributed by atoms with Gasteiger partial charge >= 0.3 is 0 Å². The molecule has 0 N–H and O–H groups in total. The highest BCUT2D eigenvalue weighted by Crippen LogP contribution is 2.17. The van der Waals surface area contributed by atoms with Crippen LogP contribution in [0.25, 0.3) is 0 Å². The molecule has 0 radical (unpaired) electrons. The number of nitrogens with zero attached hydrogens (tertiary/aromatic N) is 3. The van der Waals surface area contributed by atoms with E-state index in [-0.39, 0.29) is 11.7 Å². The van der Waals surface area contributed by atoms with E-state index in [2.05, 4.69) is 4.98 Å². The molecule has 0 aromatic carbocycles. The Balaban J connectivity index is 2.02. The topological polar surface area (TPSA) is 70.6 Å². The minimum atomic E-state index is -3.20. The van der Waals surface area contributed by atoms with E-state index in [9.17, 15) is 13.2 Å². The van der Waals surface area contributed by atoms with Gasteiger partial charge in [0.2, 0.25) is 10.0 Å². The molecule has 1 aromatic heterocycles. The second kappa shape index (κ2) is 6.72. The van der Waals surface area contributed by atoms with E-state index in [4.69, 9.17) is 11.6 Å². The number of piperazine rings is 1. The van der Waals surface area contributed by atoms with Gasteiger partial charge in [0, 0.05) is 38.6 Å². The van der Waals surface area contributed by atoms with Gasteiger partial charge in [-0.05, 0) is 12.5 Å². The van der Waals surface area contributed by atoms with E-state index < -0.39 is 10.0 Å². The maximum absolute atomic E-state index is 12.3. The number of rotatable bonds is 4. The molecule has 2 rings (SSSR count). The molecule has 0 atom stereocenters. The van der Waals surface area contributed by atoms with Gasteiger partial charge in [-0.2, -0.15) is 4.31 Å². The van der Waals surface area contributed by atoms with Crippen molar-refractivity contribution >= 4 is 27.5 Å². The average molecular weight is 332 g/mol. The molecule has 2 heterocycles. The monoisotopic (exact) mass is 331 g/mol. The number of halogens is 1. The highest BCUT2D eigenvalue weighted by molar-refractivity contribution is 7.89. The van der Waals surface area contributed by atoms with Crippen molar-refractivity contribution in [2.75, 3.05) is 31.9 Å². The fourth-order valence-corrected chi connectivity index (χ4v) is 3.94. The van der Waals surface area contributed by atoms with Crippen LogP contribution in [0.3, 0.4) is 0 Å². The molecule has 1 saturated heterocycles. The zero-order chi connectivity index (χ0) is 15.5. The Labute approximate surface area is 129 Å². The zero-order valence-corrected chi connectivity index (χ0v) is 13.4. The predicted octanol–water partition coefficient (Wildman–Crippen LogP) is 1.23. The number of carbonyl (C=O) groups is 1.